The molecule has 0 radical (unpaired) electrons. The number of allylic oxidation sites excluding steroid dienone is 24. The molecule has 0 bridgehead atoms. The first-order chi connectivity index (χ1) is 19.4. The summed E-state index contributed by atoms with van der Waals surface area (Å²) in [6.45, 7) is 21.0. The fourth-order valence-electron chi connectivity index (χ4n) is 3.58. The molecule has 0 aromatic rings. The second-order valence-electron chi connectivity index (χ2n) is 11.3. The van der Waals surface area contributed by atoms with Gasteiger partial charge in [0, 0.05) is 0 Å². The van der Waals surface area contributed by atoms with Crippen LogP contribution in [0.15, 0.2) is 154 Å². The van der Waals surface area contributed by atoms with Crippen LogP contribution >= 0.6 is 0 Å². The van der Waals surface area contributed by atoms with Gasteiger partial charge in [0.15, 0.2) is 0 Å². The van der Waals surface area contributed by atoms with Gasteiger partial charge in [-0.1, -0.05) is 154 Å². The van der Waals surface area contributed by atoms with Crippen molar-refractivity contribution in [1.82, 2.24) is 0 Å². The smallest absolute Gasteiger partial charge is 0.0760 e. The number of rotatable bonds is 16. The third kappa shape index (κ3) is 25.3. The second kappa shape index (κ2) is 23.3. The fraction of sp³-hybridized carbons (Fsp3) is 0.350. The Hall–Kier alpha value is -3.42. The molecule has 0 aliphatic carbocycles. The van der Waals surface area contributed by atoms with E-state index in [1.807, 2.05) is 32.9 Å². The summed E-state index contributed by atoms with van der Waals surface area (Å²) in [5, 5.41) is 10.0. The summed E-state index contributed by atoms with van der Waals surface area (Å²) >= 11 is 0. The summed E-state index contributed by atoms with van der Waals surface area (Å²) in [6, 6.07) is 0. The van der Waals surface area contributed by atoms with Crippen LogP contribution in [0.5, 0.6) is 0 Å². The summed E-state index contributed by atoms with van der Waals surface area (Å²) in [5.74, 6) is 0. The number of hydrogen-bond acceptors (Lipinski definition) is 1. The Bertz CT molecular complexity index is 1180. The van der Waals surface area contributed by atoms with Crippen LogP contribution in [0.4, 0.5) is 0 Å². The van der Waals surface area contributed by atoms with E-state index in [4.69, 9.17) is 0 Å². The minimum Gasteiger partial charge on any atom is -0.389 e. The van der Waals surface area contributed by atoms with Crippen molar-refractivity contribution in [3.05, 3.63) is 154 Å². The Morgan fingerprint density at radius 1 is 0.488 bits per heavy atom. The minimum atomic E-state index is -0.414. The molecule has 0 aromatic heterocycles. The first kappa shape index (κ1) is 37.6. The maximum Gasteiger partial charge on any atom is 0.0760 e. The Kier molecular flexibility index (Phi) is 21.4. The van der Waals surface area contributed by atoms with Crippen molar-refractivity contribution in [2.45, 2.75) is 94.6 Å². The van der Waals surface area contributed by atoms with E-state index in [2.05, 4.69) is 146 Å². The van der Waals surface area contributed by atoms with Crippen LogP contribution in [0.3, 0.4) is 0 Å². The van der Waals surface area contributed by atoms with Crippen LogP contribution in [0, 0.1) is 0 Å². The lowest BCUT2D eigenvalue weighted by Crippen LogP contribution is -2.02. The fourth-order valence-corrected chi connectivity index (χ4v) is 3.58. The van der Waals surface area contributed by atoms with Crippen molar-refractivity contribution in [3.63, 3.8) is 0 Å². The average Bonchev–Trinajstić information content (AvgIpc) is 2.85. The van der Waals surface area contributed by atoms with Crippen molar-refractivity contribution in [1.29, 1.82) is 0 Å². The Balaban J connectivity index is 4.75. The van der Waals surface area contributed by atoms with Gasteiger partial charge in [-0.15, -0.1) is 0 Å². The standard InChI is InChI=1S/C40H56O/c1-32(2)18-13-21-36(7)24-16-27-37(8)25-14-22-34(5)19-11-12-20-35(6)23-15-26-38(9)28-17-29-39(10)31-40(41)30-33(3)4/h11-12,14-20,22-30,40-41H,13,21,31H2,1-10H3. The molecule has 1 heteroatoms. The van der Waals surface area contributed by atoms with Crippen molar-refractivity contribution in [2.24, 2.45) is 0 Å². The van der Waals surface area contributed by atoms with Gasteiger partial charge >= 0.3 is 0 Å². The molecule has 1 atom stereocenters. The van der Waals surface area contributed by atoms with Gasteiger partial charge in [-0.3, -0.25) is 0 Å². The van der Waals surface area contributed by atoms with E-state index in [0.717, 1.165) is 24.0 Å². The summed E-state index contributed by atoms with van der Waals surface area (Å²) < 4.78 is 0. The van der Waals surface area contributed by atoms with Crippen LogP contribution in [0.25, 0.3) is 0 Å². The Labute approximate surface area is 253 Å². The van der Waals surface area contributed by atoms with Crippen LogP contribution in [0.1, 0.15) is 88.5 Å². The largest absolute Gasteiger partial charge is 0.389 e. The molecule has 0 aromatic carbocycles. The monoisotopic (exact) mass is 552 g/mol. The number of aliphatic hydroxyl groups is 1. The molecular weight excluding hydrogens is 496 g/mol. The van der Waals surface area contributed by atoms with Gasteiger partial charge in [-0.2, -0.15) is 0 Å². The first-order valence-electron chi connectivity index (χ1n) is 14.7. The van der Waals surface area contributed by atoms with E-state index < -0.39 is 6.10 Å². The molecule has 0 spiro atoms. The lowest BCUT2D eigenvalue weighted by atomic mass is 10.1. The van der Waals surface area contributed by atoms with Gasteiger partial charge in [0.1, 0.15) is 0 Å². The van der Waals surface area contributed by atoms with Crippen LogP contribution < -0.4 is 0 Å². The molecule has 1 N–H and O–H groups in total. The maximum atomic E-state index is 10.0. The maximum absolute atomic E-state index is 10.0. The van der Waals surface area contributed by atoms with Crippen LogP contribution in [-0.2, 0) is 0 Å². The van der Waals surface area contributed by atoms with Gasteiger partial charge in [0.25, 0.3) is 0 Å². The molecule has 0 rings (SSSR count). The predicted octanol–water partition coefficient (Wildman–Crippen LogP) is 11.9. The average molecular weight is 553 g/mol. The van der Waals surface area contributed by atoms with Crippen molar-refractivity contribution in [3.8, 4) is 0 Å². The third-order valence-electron chi connectivity index (χ3n) is 5.89. The van der Waals surface area contributed by atoms with Crippen molar-refractivity contribution < 1.29 is 5.11 Å². The van der Waals surface area contributed by atoms with E-state index in [-0.39, 0.29) is 0 Å². The van der Waals surface area contributed by atoms with Gasteiger partial charge < -0.3 is 5.11 Å². The lowest BCUT2D eigenvalue weighted by molar-refractivity contribution is 0.223. The quantitative estimate of drug-likeness (QED) is 0.149. The SMILES string of the molecule is CC(C)=CCCC(C)=CC=CC(C)=CC=CC(C)=CC=CC=C(C)C=CC=C(C)C=CC=C(C)CC(O)C=C(C)C. The Morgan fingerprint density at radius 3 is 1.29 bits per heavy atom. The van der Waals surface area contributed by atoms with Gasteiger partial charge in [0.2, 0.25) is 0 Å². The van der Waals surface area contributed by atoms with Crippen LogP contribution in [0.2, 0.25) is 0 Å². The highest BCUT2D eigenvalue weighted by atomic mass is 16.3. The van der Waals surface area contributed by atoms with Gasteiger partial charge in [-0.05, 0) is 88.5 Å². The molecule has 0 aliphatic heterocycles. The molecule has 0 saturated heterocycles. The molecule has 1 nitrogen and oxygen atoms in total. The second-order valence-corrected chi connectivity index (χ2v) is 11.3. The number of aliphatic hydroxyl groups excluding tert-OH is 1. The van der Waals surface area contributed by atoms with E-state index in [0.29, 0.717) is 6.42 Å². The van der Waals surface area contributed by atoms with Crippen LogP contribution in [-0.4, -0.2) is 11.2 Å². The third-order valence-corrected chi connectivity index (χ3v) is 5.89. The topological polar surface area (TPSA) is 20.2 Å². The van der Waals surface area contributed by atoms with Gasteiger partial charge in [0.05, 0.1) is 6.10 Å². The van der Waals surface area contributed by atoms with Crippen molar-refractivity contribution >= 4 is 0 Å². The highest BCUT2D eigenvalue weighted by molar-refractivity contribution is 5.32. The molecule has 0 amide bonds. The lowest BCUT2D eigenvalue weighted by Gasteiger charge is -2.06. The molecule has 0 saturated carbocycles. The summed E-state index contributed by atoms with van der Waals surface area (Å²) in [5.41, 5.74) is 9.86. The first-order valence-corrected chi connectivity index (χ1v) is 14.7. The molecule has 0 heterocycles. The van der Waals surface area contributed by atoms with E-state index in [9.17, 15) is 5.11 Å². The van der Waals surface area contributed by atoms with E-state index in [1.165, 1.54) is 33.4 Å². The molecule has 0 aliphatic rings. The molecule has 222 valence electrons. The van der Waals surface area contributed by atoms with Gasteiger partial charge in [-0.25, -0.2) is 0 Å². The Morgan fingerprint density at radius 2 is 0.878 bits per heavy atom. The summed E-state index contributed by atoms with van der Waals surface area (Å²) in [7, 11) is 0. The van der Waals surface area contributed by atoms with E-state index in [1.54, 1.807) is 0 Å². The zero-order valence-electron chi connectivity index (χ0n) is 27.5. The zero-order valence-corrected chi connectivity index (χ0v) is 27.5. The number of hydrogen-bond donors (Lipinski definition) is 1. The molecule has 41 heavy (non-hydrogen) atoms. The molecule has 0 fully saturated rings. The predicted molar refractivity (Wildman–Crippen MR) is 187 cm³/mol. The van der Waals surface area contributed by atoms with Crippen molar-refractivity contribution in [2.75, 3.05) is 0 Å². The van der Waals surface area contributed by atoms with E-state index >= 15 is 0 Å². The minimum absolute atomic E-state index is 0.414. The zero-order chi connectivity index (χ0) is 31.0. The molecule has 1 unspecified atom stereocenters. The summed E-state index contributed by atoms with van der Waals surface area (Å²) in [6.07, 6.45) is 40.3. The molecular formula is C40H56O. The highest BCUT2D eigenvalue weighted by Crippen LogP contribution is 2.09. The summed E-state index contributed by atoms with van der Waals surface area (Å²) in [4.78, 5) is 0. The highest BCUT2D eigenvalue weighted by Gasteiger charge is 2.00. The normalized spacial score (nSPS) is 15.8.